The average Bonchev–Trinajstić information content (AvgIpc) is 2.26. The Labute approximate surface area is 100 Å². The van der Waals surface area contributed by atoms with Crippen LogP contribution in [0.1, 0.15) is 26.7 Å². The van der Waals surface area contributed by atoms with Gasteiger partial charge in [-0.05, 0) is 31.4 Å². The van der Waals surface area contributed by atoms with Crippen LogP contribution >= 0.6 is 0 Å². The van der Waals surface area contributed by atoms with Crippen LogP contribution in [-0.4, -0.2) is 28.4 Å². The quantitative estimate of drug-likeness (QED) is 0.658. The summed E-state index contributed by atoms with van der Waals surface area (Å²) in [7, 11) is 0. The van der Waals surface area contributed by atoms with E-state index >= 15 is 0 Å². The molecule has 0 aromatic carbocycles. The van der Waals surface area contributed by atoms with Crippen molar-refractivity contribution in [3.05, 3.63) is 23.8 Å². The van der Waals surface area contributed by atoms with Gasteiger partial charge in [0.25, 0.3) is 0 Å². The predicted molar refractivity (Wildman–Crippen MR) is 63.2 cm³/mol. The van der Waals surface area contributed by atoms with Crippen molar-refractivity contribution in [3.63, 3.8) is 0 Å². The first-order valence-electron chi connectivity index (χ1n) is 5.82. The molecule has 0 heterocycles. The van der Waals surface area contributed by atoms with Crippen molar-refractivity contribution in [1.29, 1.82) is 0 Å². The van der Waals surface area contributed by atoms with Gasteiger partial charge in [0.1, 0.15) is 5.54 Å². The molecule has 0 unspecified atom stereocenters. The lowest BCUT2D eigenvalue weighted by molar-refractivity contribution is -0.133. The number of hydrogen-bond acceptors (Lipinski definition) is 3. The molecule has 3 atom stereocenters. The fourth-order valence-corrected chi connectivity index (χ4v) is 2.80. The summed E-state index contributed by atoms with van der Waals surface area (Å²) in [6, 6.07) is 0. The van der Waals surface area contributed by atoms with Crippen molar-refractivity contribution < 1.29 is 14.7 Å². The number of aliphatic hydroxyl groups excluding tert-OH is 1. The Bertz CT molecular complexity index is 424. The number of ketones is 1. The van der Waals surface area contributed by atoms with Crippen molar-refractivity contribution in [1.82, 2.24) is 5.32 Å². The molecular weight excluding hydrogens is 218 g/mol. The Balaban J connectivity index is 2.46. The van der Waals surface area contributed by atoms with Gasteiger partial charge in [0.2, 0.25) is 5.91 Å². The van der Waals surface area contributed by atoms with Crippen molar-refractivity contribution in [2.75, 3.05) is 0 Å². The van der Waals surface area contributed by atoms with Gasteiger partial charge < -0.3 is 10.4 Å². The van der Waals surface area contributed by atoms with E-state index in [1.54, 1.807) is 6.92 Å². The summed E-state index contributed by atoms with van der Waals surface area (Å²) in [4.78, 5) is 23.5. The molecule has 1 amide bonds. The zero-order chi connectivity index (χ0) is 12.6. The van der Waals surface area contributed by atoms with Gasteiger partial charge >= 0.3 is 0 Å². The normalized spacial score (nSPS) is 36.2. The van der Waals surface area contributed by atoms with E-state index < -0.39 is 11.6 Å². The lowest BCUT2D eigenvalue weighted by Crippen LogP contribution is -2.63. The van der Waals surface area contributed by atoms with Crippen LogP contribution in [0.2, 0.25) is 0 Å². The number of hydrogen-bond donors (Lipinski definition) is 2. The van der Waals surface area contributed by atoms with Crippen molar-refractivity contribution in [3.8, 4) is 0 Å². The molecule has 0 bridgehead atoms. The maximum atomic E-state index is 12.2. The van der Waals surface area contributed by atoms with Gasteiger partial charge in [-0.15, -0.1) is 0 Å². The zero-order valence-electron chi connectivity index (χ0n) is 10.1. The van der Waals surface area contributed by atoms with E-state index in [0.717, 1.165) is 0 Å². The first kappa shape index (κ1) is 12.0. The Morgan fingerprint density at radius 2 is 2.24 bits per heavy atom. The third-order valence-electron chi connectivity index (χ3n) is 3.67. The third-order valence-corrected chi connectivity index (χ3v) is 3.67. The molecule has 0 radical (unpaired) electrons. The fourth-order valence-electron chi connectivity index (χ4n) is 2.80. The highest BCUT2D eigenvalue weighted by atomic mass is 16.3. The molecule has 0 aromatic heterocycles. The summed E-state index contributed by atoms with van der Waals surface area (Å²) in [5.41, 5.74) is -0.268. The van der Waals surface area contributed by atoms with Crippen molar-refractivity contribution >= 4 is 11.7 Å². The van der Waals surface area contributed by atoms with Crippen LogP contribution < -0.4 is 5.32 Å². The molecule has 17 heavy (non-hydrogen) atoms. The second kappa shape index (κ2) is 4.11. The van der Waals surface area contributed by atoms with Crippen LogP contribution in [0.15, 0.2) is 23.8 Å². The van der Waals surface area contributed by atoms with E-state index in [-0.39, 0.29) is 17.6 Å². The highest BCUT2D eigenvalue weighted by molar-refractivity contribution is 6.02. The summed E-state index contributed by atoms with van der Waals surface area (Å²) in [6.45, 7) is 3.15. The minimum Gasteiger partial charge on any atom is -0.388 e. The number of carbonyl (C=O) groups excluding carboxylic acids is 2. The van der Waals surface area contributed by atoms with Crippen LogP contribution in [0, 0.1) is 5.92 Å². The van der Waals surface area contributed by atoms with Gasteiger partial charge in [0.05, 0.1) is 6.10 Å². The number of carbonyl (C=O) groups is 2. The van der Waals surface area contributed by atoms with Gasteiger partial charge in [0.15, 0.2) is 5.78 Å². The first-order chi connectivity index (χ1) is 7.97. The number of aliphatic hydroxyl groups is 1. The molecule has 0 aromatic rings. The van der Waals surface area contributed by atoms with Gasteiger partial charge in [-0.3, -0.25) is 9.59 Å². The molecule has 2 aliphatic carbocycles. The Kier molecular flexibility index (Phi) is 2.91. The number of rotatable bonds is 1. The standard InChI is InChI=1S/C13H17NO3/c1-8-7-11(16)13(14-9(2)15)6-4-3-5-10(13)12(8)17/h3-4,7,10,12,17H,5-6H2,1-2H3,(H,14,15)/t10-,12-,13+/m0/s1. The summed E-state index contributed by atoms with van der Waals surface area (Å²) in [6.07, 6.45) is 5.71. The number of amides is 1. The van der Waals surface area contributed by atoms with Crippen molar-refractivity contribution in [2.24, 2.45) is 5.92 Å². The van der Waals surface area contributed by atoms with E-state index in [1.165, 1.54) is 13.0 Å². The van der Waals surface area contributed by atoms with Crippen LogP contribution in [-0.2, 0) is 9.59 Å². The lowest BCUT2D eigenvalue weighted by Gasteiger charge is -2.45. The van der Waals surface area contributed by atoms with Gasteiger partial charge in [0, 0.05) is 12.8 Å². The lowest BCUT2D eigenvalue weighted by atomic mass is 9.65. The Hall–Kier alpha value is -1.42. The van der Waals surface area contributed by atoms with Crippen LogP contribution in [0.4, 0.5) is 0 Å². The second-order valence-electron chi connectivity index (χ2n) is 4.87. The van der Waals surface area contributed by atoms with E-state index in [0.29, 0.717) is 18.4 Å². The molecule has 0 saturated carbocycles. The summed E-state index contributed by atoms with van der Waals surface area (Å²) in [5.74, 6) is -0.599. The molecule has 2 N–H and O–H groups in total. The van der Waals surface area contributed by atoms with Gasteiger partial charge in [-0.2, -0.15) is 0 Å². The van der Waals surface area contributed by atoms with E-state index in [4.69, 9.17) is 0 Å². The molecule has 92 valence electrons. The molecule has 0 saturated heterocycles. The fraction of sp³-hybridized carbons (Fsp3) is 0.538. The molecule has 0 fully saturated rings. The van der Waals surface area contributed by atoms with Crippen molar-refractivity contribution in [2.45, 2.75) is 38.3 Å². The highest BCUT2D eigenvalue weighted by Crippen LogP contribution is 2.39. The Morgan fingerprint density at radius 1 is 1.53 bits per heavy atom. The van der Waals surface area contributed by atoms with Gasteiger partial charge in [-0.1, -0.05) is 12.2 Å². The molecule has 0 aliphatic heterocycles. The SMILES string of the molecule is CC(=O)N[C@]12CC=CC[C@H]1[C@@H](O)C(C)=CC2=O. The smallest absolute Gasteiger partial charge is 0.217 e. The van der Waals surface area contributed by atoms with E-state index in [9.17, 15) is 14.7 Å². The summed E-state index contributed by atoms with van der Waals surface area (Å²) in [5, 5.41) is 12.9. The number of allylic oxidation sites excluding steroid dienone is 1. The zero-order valence-corrected chi connectivity index (χ0v) is 10.1. The largest absolute Gasteiger partial charge is 0.388 e. The number of nitrogens with one attached hydrogen (secondary N) is 1. The molecular formula is C13H17NO3. The maximum Gasteiger partial charge on any atom is 0.217 e. The molecule has 2 aliphatic rings. The molecule has 2 rings (SSSR count). The predicted octanol–water partition coefficient (Wildman–Crippen LogP) is 0.717. The van der Waals surface area contributed by atoms with Crippen LogP contribution in [0.5, 0.6) is 0 Å². The van der Waals surface area contributed by atoms with Gasteiger partial charge in [-0.25, -0.2) is 0 Å². The average molecular weight is 235 g/mol. The third kappa shape index (κ3) is 1.82. The monoisotopic (exact) mass is 235 g/mol. The summed E-state index contributed by atoms with van der Waals surface area (Å²) < 4.78 is 0. The molecule has 0 spiro atoms. The first-order valence-corrected chi connectivity index (χ1v) is 5.82. The van der Waals surface area contributed by atoms with E-state index in [2.05, 4.69) is 5.32 Å². The van der Waals surface area contributed by atoms with Crippen LogP contribution in [0.3, 0.4) is 0 Å². The summed E-state index contributed by atoms with van der Waals surface area (Å²) >= 11 is 0. The minimum absolute atomic E-state index is 0.107. The highest BCUT2D eigenvalue weighted by Gasteiger charge is 2.51. The maximum absolute atomic E-state index is 12.2. The van der Waals surface area contributed by atoms with E-state index in [1.807, 2.05) is 12.2 Å². The Morgan fingerprint density at radius 3 is 2.88 bits per heavy atom. The molecule has 4 nitrogen and oxygen atoms in total. The minimum atomic E-state index is -0.945. The number of fused-ring (bicyclic) bond motifs is 1. The molecule has 4 heteroatoms. The topological polar surface area (TPSA) is 66.4 Å². The van der Waals surface area contributed by atoms with Crippen LogP contribution in [0.25, 0.3) is 0 Å². The second-order valence-corrected chi connectivity index (χ2v) is 4.87.